The van der Waals surface area contributed by atoms with Gasteiger partial charge in [0.15, 0.2) is 5.82 Å². The Kier molecular flexibility index (Phi) is 6.79. The summed E-state index contributed by atoms with van der Waals surface area (Å²) in [4.78, 5) is 23.7. The monoisotopic (exact) mass is 553 g/mol. The number of ether oxygens (including phenoxy) is 1. The summed E-state index contributed by atoms with van der Waals surface area (Å²) in [6.07, 6.45) is 0. The molecule has 1 aliphatic rings. The van der Waals surface area contributed by atoms with Crippen LogP contribution in [0.3, 0.4) is 0 Å². The third-order valence-electron chi connectivity index (χ3n) is 6.71. The summed E-state index contributed by atoms with van der Waals surface area (Å²) in [7, 11) is -3.83. The number of nitrogens with one attached hydrogen (secondary N) is 2. The fourth-order valence-electron chi connectivity index (χ4n) is 4.81. The molecule has 2 heterocycles. The van der Waals surface area contributed by atoms with Gasteiger partial charge < -0.3 is 15.0 Å². The van der Waals surface area contributed by atoms with E-state index in [1.54, 1.807) is 42.5 Å². The first-order valence-corrected chi connectivity index (χ1v) is 14.4. The molecule has 0 bridgehead atoms. The van der Waals surface area contributed by atoms with Gasteiger partial charge in [-0.3, -0.25) is 9.52 Å². The number of carbonyl (C=O) groups is 1. The summed E-state index contributed by atoms with van der Waals surface area (Å²) in [6.45, 7) is 3.97. The van der Waals surface area contributed by atoms with Crippen LogP contribution in [0.5, 0.6) is 0 Å². The number of aromatic nitrogens is 2. The Balaban J connectivity index is 1.37. The molecule has 0 spiro atoms. The highest BCUT2D eigenvalue weighted by atomic mass is 32.2. The van der Waals surface area contributed by atoms with Gasteiger partial charge in [-0.2, -0.15) is 0 Å². The Morgan fingerprint density at radius 3 is 2.45 bits per heavy atom. The average molecular weight is 554 g/mol. The topological polar surface area (TPSA) is 114 Å². The Morgan fingerprint density at radius 2 is 1.65 bits per heavy atom. The van der Waals surface area contributed by atoms with Gasteiger partial charge >= 0.3 is 0 Å². The lowest BCUT2D eigenvalue weighted by Gasteiger charge is -2.29. The molecule has 1 amide bonds. The first-order chi connectivity index (χ1) is 19.4. The minimum absolute atomic E-state index is 0.159. The molecule has 0 saturated carbocycles. The number of benzene rings is 4. The molecule has 0 aliphatic carbocycles. The smallest absolute Gasteiger partial charge is 0.261 e. The molecule has 1 aromatic heterocycles. The zero-order valence-electron chi connectivity index (χ0n) is 21.8. The SMILES string of the molecule is CC(=O)Nc1ccc2nc(-c3cccc(NS(=O)(=O)c4ccc5ccccc5c4)c3)nc(N3CCOCC3)c2c1. The van der Waals surface area contributed by atoms with Gasteiger partial charge in [0.1, 0.15) is 5.82 Å². The third-order valence-corrected chi connectivity index (χ3v) is 8.09. The Bertz CT molecular complexity index is 1850. The molecule has 10 heteroatoms. The highest BCUT2D eigenvalue weighted by Crippen LogP contribution is 2.31. The number of amides is 1. The standard InChI is InChI=1S/C30H27N5O4S/c1-20(36)31-24-10-12-28-27(19-24)30(35-13-15-39-16-14-35)33-29(32-28)23-7-4-8-25(17-23)34-40(37,38)26-11-9-21-5-2-3-6-22(21)18-26/h2-12,17-19,34H,13-16H2,1H3,(H,31,36). The van der Waals surface area contributed by atoms with Gasteiger partial charge in [-0.25, -0.2) is 18.4 Å². The highest BCUT2D eigenvalue weighted by molar-refractivity contribution is 7.92. The van der Waals surface area contributed by atoms with Crippen molar-refractivity contribution in [2.45, 2.75) is 11.8 Å². The van der Waals surface area contributed by atoms with E-state index in [0.717, 1.165) is 22.0 Å². The van der Waals surface area contributed by atoms with E-state index >= 15 is 0 Å². The largest absolute Gasteiger partial charge is 0.378 e. The van der Waals surface area contributed by atoms with E-state index < -0.39 is 10.0 Å². The molecule has 202 valence electrons. The average Bonchev–Trinajstić information content (AvgIpc) is 2.96. The second kappa shape index (κ2) is 10.6. The van der Waals surface area contributed by atoms with Crippen LogP contribution in [-0.2, 0) is 19.6 Å². The minimum atomic E-state index is -3.83. The van der Waals surface area contributed by atoms with Crippen molar-refractivity contribution in [2.24, 2.45) is 0 Å². The van der Waals surface area contributed by atoms with Gasteiger partial charge in [0, 0.05) is 42.3 Å². The first-order valence-electron chi connectivity index (χ1n) is 12.9. The summed E-state index contributed by atoms with van der Waals surface area (Å²) in [6, 6.07) is 25.3. The fourth-order valence-corrected chi connectivity index (χ4v) is 5.89. The van der Waals surface area contributed by atoms with Gasteiger partial charge in [0.05, 0.1) is 23.6 Å². The predicted molar refractivity (Wildman–Crippen MR) is 157 cm³/mol. The Labute approximate surface area is 231 Å². The summed E-state index contributed by atoms with van der Waals surface area (Å²) in [5.74, 6) is 1.04. The predicted octanol–water partition coefficient (Wildman–Crippen LogP) is 5.05. The lowest BCUT2D eigenvalue weighted by molar-refractivity contribution is -0.114. The third kappa shape index (κ3) is 5.31. The van der Waals surface area contributed by atoms with E-state index in [0.29, 0.717) is 54.6 Å². The maximum atomic E-state index is 13.2. The van der Waals surface area contributed by atoms with Gasteiger partial charge in [-0.15, -0.1) is 0 Å². The van der Waals surface area contributed by atoms with E-state index in [4.69, 9.17) is 14.7 Å². The molecule has 0 unspecified atom stereocenters. The Morgan fingerprint density at radius 1 is 0.850 bits per heavy atom. The lowest BCUT2D eigenvalue weighted by atomic mass is 10.1. The molecule has 0 atom stereocenters. The maximum Gasteiger partial charge on any atom is 0.261 e. The van der Waals surface area contributed by atoms with Crippen LogP contribution >= 0.6 is 0 Å². The maximum absolute atomic E-state index is 13.2. The number of fused-ring (bicyclic) bond motifs is 2. The molecule has 40 heavy (non-hydrogen) atoms. The van der Waals surface area contributed by atoms with E-state index in [1.807, 2.05) is 42.5 Å². The van der Waals surface area contributed by atoms with Gasteiger partial charge in [0.2, 0.25) is 5.91 Å². The molecule has 4 aromatic carbocycles. The Hall–Kier alpha value is -4.54. The number of rotatable bonds is 6. The van der Waals surface area contributed by atoms with Crippen LogP contribution in [0.4, 0.5) is 17.2 Å². The quantitative estimate of drug-likeness (QED) is 0.303. The molecule has 6 rings (SSSR count). The van der Waals surface area contributed by atoms with Crippen LogP contribution in [-0.4, -0.2) is 50.6 Å². The van der Waals surface area contributed by atoms with Crippen molar-refractivity contribution >= 4 is 54.8 Å². The first kappa shape index (κ1) is 25.7. The number of morpholine rings is 1. The van der Waals surface area contributed by atoms with Crippen molar-refractivity contribution in [2.75, 3.05) is 41.2 Å². The summed E-state index contributed by atoms with van der Waals surface area (Å²) in [5.41, 5.74) is 2.45. The molecule has 1 aliphatic heterocycles. The molecule has 1 saturated heterocycles. The number of sulfonamides is 1. The normalized spacial score (nSPS) is 13.9. The van der Waals surface area contributed by atoms with Crippen molar-refractivity contribution in [1.82, 2.24) is 9.97 Å². The summed E-state index contributed by atoms with van der Waals surface area (Å²) in [5, 5.41) is 5.45. The van der Waals surface area contributed by atoms with E-state index in [-0.39, 0.29) is 10.8 Å². The van der Waals surface area contributed by atoms with Crippen molar-refractivity contribution in [1.29, 1.82) is 0 Å². The number of nitrogens with zero attached hydrogens (tertiary/aromatic N) is 3. The summed E-state index contributed by atoms with van der Waals surface area (Å²) < 4.78 is 34.7. The summed E-state index contributed by atoms with van der Waals surface area (Å²) >= 11 is 0. The zero-order chi connectivity index (χ0) is 27.7. The van der Waals surface area contributed by atoms with E-state index in [9.17, 15) is 13.2 Å². The van der Waals surface area contributed by atoms with Crippen LogP contribution in [0.1, 0.15) is 6.92 Å². The molecule has 9 nitrogen and oxygen atoms in total. The minimum Gasteiger partial charge on any atom is -0.378 e. The zero-order valence-corrected chi connectivity index (χ0v) is 22.6. The van der Waals surface area contributed by atoms with Crippen molar-refractivity contribution < 1.29 is 17.9 Å². The van der Waals surface area contributed by atoms with Gasteiger partial charge in [-0.05, 0) is 53.2 Å². The molecular weight excluding hydrogens is 526 g/mol. The molecule has 5 aromatic rings. The van der Waals surface area contributed by atoms with Crippen LogP contribution < -0.4 is 14.9 Å². The number of anilines is 3. The second-order valence-electron chi connectivity index (χ2n) is 9.58. The van der Waals surface area contributed by atoms with Gasteiger partial charge in [0.25, 0.3) is 10.0 Å². The molecule has 2 N–H and O–H groups in total. The molecular formula is C30H27N5O4S. The number of carbonyl (C=O) groups excluding carboxylic acids is 1. The lowest BCUT2D eigenvalue weighted by Crippen LogP contribution is -2.37. The van der Waals surface area contributed by atoms with Crippen molar-refractivity contribution in [3.05, 3.63) is 84.9 Å². The highest BCUT2D eigenvalue weighted by Gasteiger charge is 2.20. The molecule has 1 fully saturated rings. The fraction of sp³-hybridized carbons (Fsp3) is 0.167. The molecule has 0 radical (unpaired) electrons. The number of hydrogen-bond donors (Lipinski definition) is 2. The van der Waals surface area contributed by atoms with Crippen LogP contribution in [0.15, 0.2) is 89.8 Å². The van der Waals surface area contributed by atoms with E-state index in [1.165, 1.54) is 6.92 Å². The van der Waals surface area contributed by atoms with Gasteiger partial charge in [-0.1, -0.05) is 42.5 Å². The van der Waals surface area contributed by atoms with Crippen LogP contribution in [0.25, 0.3) is 33.1 Å². The number of hydrogen-bond acceptors (Lipinski definition) is 7. The van der Waals surface area contributed by atoms with Crippen molar-refractivity contribution in [3.63, 3.8) is 0 Å². The van der Waals surface area contributed by atoms with Crippen LogP contribution in [0.2, 0.25) is 0 Å². The van der Waals surface area contributed by atoms with Crippen LogP contribution in [0, 0.1) is 0 Å². The van der Waals surface area contributed by atoms with E-state index in [2.05, 4.69) is 14.9 Å². The van der Waals surface area contributed by atoms with Crippen molar-refractivity contribution in [3.8, 4) is 11.4 Å². The second-order valence-corrected chi connectivity index (χ2v) is 11.3.